The van der Waals surface area contributed by atoms with E-state index in [0.717, 1.165) is 13.1 Å². The zero-order valence-electron chi connectivity index (χ0n) is 8.76. The molecule has 1 heterocycles. The SMILES string of the molecule is CCNCC(C)(C)Cc1cccs1. The van der Waals surface area contributed by atoms with Crippen LogP contribution in [-0.4, -0.2) is 13.1 Å². The van der Waals surface area contributed by atoms with E-state index in [1.54, 1.807) is 0 Å². The molecule has 0 spiro atoms. The molecule has 0 aliphatic rings. The summed E-state index contributed by atoms with van der Waals surface area (Å²) in [6.07, 6.45) is 1.18. The van der Waals surface area contributed by atoms with Gasteiger partial charge in [-0.05, 0) is 29.8 Å². The van der Waals surface area contributed by atoms with Crippen LogP contribution in [0.3, 0.4) is 0 Å². The van der Waals surface area contributed by atoms with E-state index in [1.807, 2.05) is 11.3 Å². The number of hydrogen-bond donors (Lipinski definition) is 1. The smallest absolute Gasteiger partial charge is 0.00510 e. The molecule has 74 valence electrons. The molecule has 0 unspecified atom stereocenters. The maximum absolute atomic E-state index is 3.41. The van der Waals surface area contributed by atoms with E-state index >= 15 is 0 Å². The highest BCUT2D eigenvalue weighted by Crippen LogP contribution is 2.23. The third-order valence-corrected chi connectivity index (χ3v) is 2.96. The molecule has 1 aromatic rings. The summed E-state index contributed by atoms with van der Waals surface area (Å²) in [4.78, 5) is 1.49. The van der Waals surface area contributed by atoms with Crippen LogP contribution in [-0.2, 0) is 6.42 Å². The fourth-order valence-electron chi connectivity index (χ4n) is 1.41. The van der Waals surface area contributed by atoms with Crippen molar-refractivity contribution in [2.45, 2.75) is 27.2 Å². The number of thiophene rings is 1. The van der Waals surface area contributed by atoms with Crippen molar-refractivity contribution in [2.75, 3.05) is 13.1 Å². The second-order valence-electron chi connectivity index (χ2n) is 4.20. The predicted octanol–water partition coefficient (Wildman–Crippen LogP) is 2.93. The van der Waals surface area contributed by atoms with Gasteiger partial charge in [-0.1, -0.05) is 26.8 Å². The van der Waals surface area contributed by atoms with Gasteiger partial charge < -0.3 is 5.32 Å². The standard InChI is InChI=1S/C11H19NS/c1-4-12-9-11(2,3)8-10-6-5-7-13-10/h5-7,12H,4,8-9H2,1-3H3. The van der Waals surface area contributed by atoms with Gasteiger partial charge in [-0.3, -0.25) is 0 Å². The highest BCUT2D eigenvalue weighted by atomic mass is 32.1. The van der Waals surface area contributed by atoms with Crippen molar-refractivity contribution < 1.29 is 0 Å². The van der Waals surface area contributed by atoms with E-state index in [9.17, 15) is 0 Å². The van der Waals surface area contributed by atoms with Crippen LogP contribution in [0.1, 0.15) is 25.6 Å². The van der Waals surface area contributed by atoms with Crippen molar-refractivity contribution in [1.29, 1.82) is 0 Å². The van der Waals surface area contributed by atoms with Crippen molar-refractivity contribution in [3.05, 3.63) is 22.4 Å². The maximum Gasteiger partial charge on any atom is 0.00510 e. The van der Waals surface area contributed by atoms with Gasteiger partial charge in [-0.25, -0.2) is 0 Å². The predicted molar refractivity (Wildman–Crippen MR) is 60.3 cm³/mol. The Kier molecular flexibility index (Phi) is 3.94. The van der Waals surface area contributed by atoms with Crippen LogP contribution in [0, 0.1) is 5.41 Å². The summed E-state index contributed by atoms with van der Waals surface area (Å²) in [6, 6.07) is 4.35. The third kappa shape index (κ3) is 3.92. The molecular weight excluding hydrogens is 178 g/mol. The molecular formula is C11H19NS. The van der Waals surface area contributed by atoms with Gasteiger partial charge in [0.1, 0.15) is 0 Å². The highest BCUT2D eigenvalue weighted by Gasteiger charge is 2.17. The zero-order valence-corrected chi connectivity index (χ0v) is 9.58. The summed E-state index contributed by atoms with van der Waals surface area (Å²) < 4.78 is 0. The molecule has 2 heteroatoms. The quantitative estimate of drug-likeness (QED) is 0.765. The molecule has 0 amide bonds. The van der Waals surface area contributed by atoms with E-state index in [4.69, 9.17) is 0 Å². The molecule has 0 aromatic carbocycles. The van der Waals surface area contributed by atoms with Crippen LogP contribution in [0.25, 0.3) is 0 Å². The molecule has 1 N–H and O–H groups in total. The van der Waals surface area contributed by atoms with Crippen molar-refractivity contribution in [1.82, 2.24) is 5.32 Å². The Bertz CT molecular complexity index is 226. The Balaban J connectivity index is 2.42. The minimum absolute atomic E-state index is 0.376. The molecule has 0 saturated heterocycles. The second kappa shape index (κ2) is 4.77. The first kappa shape index (κ1) is 10.7. The number of rotatable bonds is 5. The molecule has 0 atom stereocenters. The van der Waals surface area contributed by atoms with Crippen molar-refractivity contribution >= 4 is 11.3 Å². The zero-order chi connectivity index (χ0) is 9.73. The highest BCUT2D eigenvalue weighted by molar-refractivity contribution is 7.09. The fraction of sp³-hybridized carbons (Fsp3) is 0.636. The van der Waals surface area contributed by atoms with Gasteiger partial charge in [0.2, 0.25) is 0 Å². The van der Waals surface area contributed by atoms with Gasteiger partial charge in [0.15, 0.2) is 0 Å². The molecule has 0 saturated carbocycles. The van der Waals surface area contributed by atoms with Crippen LogP contribution in [0.5, 0.6) is 0 Å². The fourth-order valence-corrected chi connectivity index (χ4v) is 2.37. The van der Waals surface area contributed by atoms with Gasteiger partial charge in [-0.2, -0.15) is 0 Å². The molecule has 1 aromatic heterocycles. The first-order valence-corrected chi connectivity index (χ1v) is 5.75. The molecule has 0 bridgehead atoms. The van der Waals surface area contributed by atoms with Gasteiger partial charge in [0.25, 0.3) is 0 Å². The largest absolute Gasteiger partial charge is 0.316 e. The lowest BCUT2D eigenvalue weighted by Crippen LogP contribution is -2.30. The lowest BCUT2D eigenvalue weighted by atomic mass is 9.88. The Labute approximate surface area is 85.2 Å². The van der Waals surface area contributed by atoms with Crippen LogP contribution in [0.4, 0.5) is 0 Å². The van der Waals surface area contributed by atoms with E-state index in [2.05, 4.69) is 43.6 Å². The minimum Gasteiger partial charge on any atom is -0.316 e. The van der Waals surface area contributed by atoms with Crippen LogP contribution >= 0.6 is 11.3 Å². The van der Waals surface area contributed by atoms with Gasteiger partial charge in [-0.15, -0.1) is 11.3 Å². The summed E-state index contributed by atoms with van der Waals surface area (Å²) >= 11 is 1.86. The Morgan fingerprint density at radius 3 is 2.77 bits per heavy atom. The average molecular weight is 197 g/mol. The molecule has 0 aliphatic carbocycles. The number of nitrogens with one attached hydrogen (secondary N) is 1. The molecule has 1 nitrogen and oxygen atoms in total. The van der Waals surface area contributed by atoms with E-state index < -0.39 is 0 Å². The van der Waals surface area contributed by atoms with Crippen LogP contribution < -0.4 is 5.32 Å². The summed E-state index contributed by atoms with van der Waals surface area (Å²) in [5, 5.41) is 5.56. The van der Waals surface area contributed by atoms with Crippen LogP contribution in [0.15, 0.2) is 17.5 Å². The summed E-state index contributed by atoms with van der Waals surface area (Å²) in [6.45, 7) is 8.95. The van der Waals surface area contributed by atoms with Crippen molar-refractivity contribution in [3.8, 4) is 0 Å². The Morgan fingerprint density at radius 1 is 1.46 bits per heavy atom. The summed E-state index contributed by atoms with van der Waals surface area (Å²) in [7, 11) is 0. The molecule has 13 heavy (non-hydrogen) atoms. The Hall–Kier alpha value is -0.340. The van der Waals surface area contributed by atoms with Crippen molar-refractivity contribution in [2.24, 2.45) is 5.41 Å². The average Bonchev–Trinajstić information content (AvgIpc) is 2.52. The monoisotopic (exact) mass is 197 g/mol. The maximum atomic E-state index is 3.41. The third-order valence-electron chi connectivity index (χ3n) is 2.09. The first-order chi connectivity index (χ1) is 6.14. The van der Waals surface area contributed by atoms with E-state index in [1.165, 1.54) is 11.3 Å². The Morgan fingerprint density at radius 2 is 2.23 bits per heavy atom. The van der Waals surface area contributed by atoms with E-state index in [-0.39, 0.29) is 0 Å². The van der Waals surface area contributed by atoms with Gasteiger partial charge in [0, 0.05) is 11.4 Å². The molecule has 1 rings (SSSR count). The lowest BCUT2D eigenvalue weighted by molar-refractivity contribution is 0.344. The summed E-state index contributed by atoms with van der Waals surface area (Å²) in [5.74, 6) is 0. The van der Waals surface area contributed by atoms with Gasteiger partial charge >= 0.3 is 0 Å². The molecule has 0 aliphatic heterocycles. The summed E-state index contributed by atoms with van der Waals surface area (Å²) in [5.41, 5.74) is 0.376. The number of hydrogen-bond acceptors (Lipinski definition) is 2. The second-order valence-corrected chi connectivity index (χ2v) is 5.23. The van der Waals surface area contributed by atoms with Crippen molar-refractivity contribution in [3.63, 3.8) is 0 Å². The van der Waals surface area contributed by atoms with Gasteiger partial charge in [0.05, 0.1) is 0 Å². The first-order valence-electron chi connectivity index (χ1n) is 4.87. The minimum atomic E-state index is 0.376. The van der Waals surface area contributed by atoms with E-state index in [0.29, 0.717) is 5.41 Å². The topological polar surface area (TPSA) is 12.0 Å². The van der Waals surface area contributed by atoms with Crippen LogP contribution in [0.2, 0.25) is 0 Å². The molecule has 0 radical (unpaired) electrons. The molecule has 0 fully saturated rings. The normalized spacial score (nSPS) is 11.9. The lowest BCUT2D eigenvalue weighted by Gasteiger charge is -2.24.